The van der Waals surface area contributed by atoms with E-state index in [9.17, 15) is 14.4 Å². The molecule has 9 nitrogen and oxygen atoms in total. The Morgan fingerprint density at radius 3 is 2.56 bits per heavy atom. The maximum Gasteiger partial charge on any atom is 0.330 e. The Morgan fingerprint density at radius 2 is 1.96 bits per heavy atom. The summed E-state index contributed by atoms with van der Waals surface area (Å²) in [5.41, 5.74) is 5.35. The second kappa shape index (κ2) is 10.5. The Morgan fingerprint density at radius 1 is 1.30 bits per heavy atom. The lowest BCUT2D eigenvalue weighted by atomic mass is 10.2. The summed E-state index contributed by atoms with van der Waals surface area (Å²) in [4.78, 5) is 38.8. The third-order valence-electron chi connectivity index (χ3n) is 3.69. The first-order valence-corrected chi connectivity index (χ1v) is 8.14. The van der Waals surface area contributed by atoms with Crippen molar-refractivity contribution in [3.63, 3.8) is 0 Å². The van der Waals surface area contributed by atoms with Gasteiger partial charge in [-0.1, -0.05) is 30.3 Å². The van der Waals surface area contributed by atoms with Crippen molar-refractivity contribution in [2.75, 3.05) is 24.4 Å². The second-order valence-corrected chi connectivity index (χ2v) is 5.74. The summed E-state index contributed by atoms with van der Waals surface area (Å²) in [6.45, 7) is 2.23. The standard InChI is InChI=1S/C17H23N5O4.ClH/c1-11(18)15(23)20-14-13(19-10-12-6-4-3-5-7-12)16(24)21-17(25)22(14)8-9-26-2;/h3-7,11,19H,8-10,18H2,1-2H3,(H,20,23)(H,21,24,25);1H/t11-;/m0./s1. The molecule has 10 heteroatoms. The molecule has 0 radical (unpaired) electrons. The van der Waals surface area contributed by atoms with E-state index in [1.807, 2.05) is 30.3 Å². The molecule has 2 aromatic rings. The predicted octanol–water partition coefficient (Wildman–Crippen LogP) is 0.503. The fourth-order valence-electron chi connectivity index (χ4n) is 2.28. The van der Waals surface area contributed by atoms with Gasteiger partial charge < -0.3 is 21.1 Å². The van der Waals surface area contributed by atoms with Crippen LogP contribution in [0.3, 0.4) is 0 Å². The van der Waals surface area contributed by atoms with E-state index in [-0.39, 0.29) is 37.1 Å². The molecule has 0 aliphatic rings. The number of hydrogen-bond acceptors (Lipinski definition) is 6. The highest BCUT2D eigenvalue weighted by Crippen LogP contribution is 2.16. The lowest BCUT2D eigenvalue weighted by Gasteiger charge is -2.18. The van der Waals surface area contributed by atoms with Gasteiger partial charge in [-0.15, -0.1) is 12.4 Å². The first-order chi connectivity index (χ1) is 12.4. The summed E-state index contributed by atoms with van der Waals surface area (Å²) in [5, 5.41) is 5.55. The summed E-state index contributed by atoms with van der Waals surface area (Å²) in [6.07, 6.45) is 0. The normalized spacial score (nSPS) is 11.4. The number of carbonyl (C=O) groups excluding carboxylic acids is 1. The third-order valence-corrected chi connectivity index (χ3v) is 3.69. The number of nitrogens with zero attached hydrogens (tertiary/aromatic N) is 1. The van der Waals surface area contributed by atoms with Crippen LogP contribution in [-0.2, 0) is 22.6 Å². The quantitative estimate of drug-likeness (QED) is 0.513. The van der Waals surface area contributed by atoms with Crippen LogP contribution in [0.15, 0.2) is 39.9 Å². The van der Waals surface area contributed by atoms with Gasteiger partial charge in [-0.3, -0.25) is 19.1 Å². The van der Waals surface area contributed by atoms with Crippen molar-refractivity contribution in [3.8, 4) is 0 Å². The number of benzene rings is 1. The Bertz CT molecular complexity index is 864. The fraction of sp³-hybridized carbons (Fsp3) is 0.353. The number of halogens is 1. The van der Waals surface area contributed by atoms with E-state index < -0.39 is 23.2 Å². The molecule has 0 saturated carbocycles. The number of hydrogen-bond donors (Lipinski definition) is 4. The molecule has 0 fully saturated rings. The number of methoxy groups -OCH3 is 1. The van der Waals surface area contributed by atoms with Gasteiger partial charge in [0.05, 0.1) is 19.2 Å². The van der Waals surface area contributed by atoms with E-state index in [0.29, 0.717) is 6.54 Å². The third kappa shape index (κ3) is 5.95. The smallest absolute Gasteiger partial charge is 0.330 e. The second-order valence-electron chi connectivity index (χ2n) is 5.74. The molecule has 0 aliphatic heterocycles. The molecule has 0 saturated heterocycles. The number of nitrogens with one attached hydrogen (secondary N) is 3. The first kappa shape index (κ1) is 22.4. The molecule has 0 bridgehead atoms. The number of H-pyrrole nitrogens is 1. The SMILES string of the molecule is COCCn1c(NC(=O)[C@H](C)N)c(NCc2ccccc2)c(=O)[nH]c1=O.Cl. The number of aromatic amines is 1. The molecule has 0 aliphatic carbocycles. The van der Waals surface area contributed by atoms with E-state index in [1.54, 1.807) is 0 Å². The van der Waals surface area contributed by atoms with Gasteiger partial charge >= 0.3 is 5.69 Å². The molecule has 148 valence electrons. The summed E-state index contributed by atoms with van der Waals surface area (Å²) in [7, 11) is 1.49. The van der Waals surface area contributed by atoms with Crippen LogP contribution >= 0.6 is 12.4 Å². The molecule has 1 amide bonds. The van der Waals surface area contributed by atoms with Gasteiger partial charge in [0.2, 0.25) is 5.91 Å². The van der Waals surface area contributed by atoms with Gasteiger partial charge in [0.1, 0.15) is 11.5 Å². The number of aromatic nitrogens is 2. The zero-order valence-corrected chi connectivity index (χ0v) is 16.0. The van der Waals surface area contributed by atoms with Crippen LogP contribution in [-0.4, -0.2) is 35.2 Å². The Hall–Kier alpha value is -2.62. The minimum Gasteiger partial charge on any atom is -0.383 e. The van der Waals surface area contributed by atoms with Crippen molar-refractivity contribution < 1.29 is 9.53 Å². The zero-order valence-electron chi connectivity index (χ0n) is 15.2. The van der Waals surface area contributed by atoms with Crippen molar-refractivity contribution in [2.45, 2.75) is 26.1 Å². The van der Waals surface area contributed by atoms with E-state index in [4.69, 9.17) is 10.5 Å². The van der Waals surface area contributed by atoms with E-state index in [2.05, 4.69) is 15.6 Å². The molecule has 1 aromatic heterocycles. The zero-order chi connectivity index (χ0) is 19.1. The number of carbonyl (C=O) groups is 1. The van der Waals surface area contributed by atoms with Crippen LogP contribution in [0.1, 0.15) is 12.5 Å². The Labute approximate surface area is 162 Å². The number of nitrogens with two attached hydrogens (primary N) is 1. The molecule has 27 heavy (non-hydrogen) atoms. The maximum absolute atomic E-state index is 12.3. The van der Waals surface area contributed by atoms with Crippen molar-refractivity contribution in [1.82, 2.24) is 9.55 Å². The van der Waals surface area contributed by atoms with Crippen LogP contribution in [0.25, 0.3) is 0 Å². The van der Waals surface area contributed by atoms with Crippen molar-refractivity contribution >= 4 is 29.8 Å². The molecule has 0 unspecified atom stereocenters. The molecule has 1 aromatic carbocycles. The average molecular weight is 398 g/mol. The van der Waals surface area contributed by atoms with Gasteiger partial charge in [0.25, 0.3) is 5.56 Å². The molecular formula is C17H24ClN5O4. The van der Waals surface area contributed by atoms with Gasteiger partial charge in [-0.25, -0.2) is 4.79 Å². The van der Waals surface area contributed by atoms with E-state index in [1.165, 1.54) is 18.6 Å². The lowest BCUT2D eigenvalue weighted by Crippen LogP contribution is -2.39. The highest BCUT2D eigenvalue weighted by molar-refractivity contribution is 5.96. The van der Waals surface area contributed by atoms with Gasteiger partial charge in [0.15, 0.2) is 0 Å². The van der Waals surface area contributed by atoms with Gasteiger partial charge in [-0.2, -0.15) is 0 Å². The minimum atomic E-state index is -0.803. The topological polar surface area (TPSA) is 131 Å². The number of amides is 1. The highest BCUT2D eigenvalue weighted by Gasteiger charge is 2.18. The molecule has 2 rings (SSSR count). The van der Waals surface area contributed by atoms with Crippen LogP contribution < -0.4 is 27.6 Å². The number of anilines is 2. The summed E-state index contributed by atoms with van der Waals surface area (Å²) < 4.78 is 6.23. The van der Waals surface area contributed by atoms with Gasteiger partial charge in [0, 0.05) is 13.7 Å². The number of rotatable bonds is 8. The van der Waals surface area contributed by atoms with Crippen LogP contribution in [0.5, 0.6) is 0 Å². The van der Waals surface area contributed by atoms with Crippen molar-refractivity contribution in [1.29, 1.82) is 0 Å². The van der Waals surface area contributed by atoms with Crippen LogP contribution in [0, 0.1) is 0 Å². The summed E-state index contributed by atoms with van der Waals surface area (Å²) in [6, 6.07) is 8.61. The van der Waals surface area contributed by atoms with E-state index in [0.717, 1.165) is 5.56 Å². The average Bonchev–Trinajstić information content (AvgIpc) is 2.61. The van der Waals surface area contributed by atoms with Crippen molar-refractivity contribution in [2.24, 2.45) is 5.73 Å². The number of ether oxygens (including phenoxy) is 1. The maximum atomic E-state index is 12.3. The molecule has 1 heterocycles. The largest absolute Gasteiger partial charge is 0.383 e. The Balaban J connectivity index is 0.00000364. The summed E-state index contributed by atoms with van der Waals surface area (Å²) in [5.74, 6) is -0.446. The molecule has 5 N–H and O–H groups in total. The molecular weight excluding hydrogens is 374 g/mol. The lowest BCUT2D eigenvalue weighted by molar-refractivity contribution is -0.117. The predicted molar refractivity (Wildman–Crippen MR) is 106 cm³/mol. The molecule has 1 atom stereocenters. The first-order valence-electron chi connectivity index (χ1n) is 8.14. The minimum absolute atomic E-state index is 0. The van der Waals surface area contributed by atoms with Crippen LogP contribution in [0.2, 0.25) is 0 Å². The highest BCUT2D eigenvalue weighted by atomic mass is 35.5. The van der Waals surface area contributed by atoms with Crippen LogP contribution in [0.4, 0.5) is 11.5 Å². The van der Waals surface area contributed by atoms with E-state index >= 15 is 0 Å². The van der Waals surface area contributed by atoms with Crippen molar-refractivity contribution in [3.05, 3.63) is 56.7 Å². The molecule has 0 spiro atoms. The van der Waals surface area contributed by atoms with Gasteiger partial charge in [-0.05, 0) is 12.5 Å². The summed E-state index contributed by atoms with van der Waals surface area (Å²) >= 11 is 0. The fourth-order valence-corrected chi connectivity index (χ4v) is 2.28. The monoisotopic (exact) mass is 397 g/mol. The Kier molecular flexibility index (Phi) is 8.73.